The van der Waals surface area contributed by atoms with Crippen LogP contribution in [-0.4, -0.2) is 11.0 Å². The average molecular weight is 349 g/mol. The van der Waals surface area contributed by atoms with Crippen molar-refractivity contribution in [3.8, 4) is 11.3 Å². The molecular weight excluding hydrogens is 326 g/mol. The standard InChI is InChI=1S/C21H23N3O2/c1-21(2,3)17-5-7-18(8-6-17)24-20(25)23-13-15-4-9-19(22-12-15)16-10-11-26-14-16/h4-12,14H,13H2,1-3H3,(H2,23,24,25). The van der Waals surface area contributed by atoms with Gasteiger partial charge >= 0.3 is 6.03 Å². The Hall–Kier alpha value is -3.08. The molecule has 0 fully saturated rings. The summed E-state index contributed by atoms with van der Waals surface area (Å²) in [5.41, 5.74) is 4.79. The van der Waals surface area contributed by atoms with E-state index in [1.807, 2.05) is 42.5 Å². The highest BCUT2D eigenvalue weighted by atomic mass is 16.3. The molecule has 0 aliphatic carbocycles. The van der Waals surface area contributed by atoms with Gasteiger partial charge in [0.05, 0.1) is 18.2 Å². The van der Waals surface area contributed by atoms with Crippen molar-refractivity contribution in [1.82, 2.24) is 10.3 Å². The fourth-order valence-electron chi connectivity index (χ4n) is 2.52. The number of carbonyl (C=O) groups is 1. The molecule has 0 atom stereocenters. The monoisotopic (exact) mass is 349 g/mol. The summed E-state index contributed by atoms with van der Waals surface area (Å²) in [5, 5.41) is 5.68. The van der Waals surface area contributed by atoms with Gasteiger partial charge < -0.3 is 15.1 Å². The van der Waals surface area contributed by atoms with Crippen LogP contribution in [0.5, 0.6) is 0 Å². The molecule has 2 aromatic heterocycles. The van der Waals surface area contributed by atoms with Gasteiger partial charge in [-0.3, -0.25) is 4.98 Å². The molecule has 3 aromatic rings. The number of furan rings is 1. The van der Waals surface area contributed by atoms with Crippen LogP contribution in [0.3, 0.4) is 0 Å². The second-order valence-corrected chi connectivity index (χ2v) is 7.20. The van der Waals surface area contributed by atoms with Crippen molar-refractivity contribution < 1.29 is 9.21 Å². The third-order valence-electron chi connectivity index (χ3n) is 4.10. The third-order valence-corrected chi connectivity index (χ3v) is 4.10. The van der Waals surface area contributed by atoms with Gasteiger partial charge in [0.2, 0.25) is 0 Å². The first kappa shape index (κ1) is 17.7. The van der Waals surface area contributed by atoms with E-state index in [0.29, 0.717) is 6.54 Å². The van der Waals surface area contributed by atoms with Gasteiger partial charge in [-0.05, 0) is 40.8 Å². The SMILES string of the molecule is CC(C)(C)c1ccc(NC(=O)NCc2ccc(-c3ccoc3)nc2)cc1. The van der Waals surface area contributed by atoms with Crippen molar-refractivity contribution in [2.75, 3.05) is 5.32 Å². The number of hydrogen-bond acceptors (Lipinski definition) is 3. The first-order valence-electron chi connectivity index (χ1n) is 8.55. The van der Waals surface area contributed by atoms with Crippen LogP contribution in [0.25, 0.3) is 11.3 Å². The molecule has 0 unspecified atom stereocenters. The minimum Gasteiger partial charge on any atom is -0.472 e. The van der Waals surface area contributed by atoms with E-state index in [0.717, 1.165) is 22.5 Å². The number of benzene rings is 1. The van der Waals surface area contributed by atoms with E-state index in [9.17, 15) is 4.79 Å². The zero-order chi connectivity index (χ0) is 18.6. The highest BCUT2D eigenvalue weighted by molar-refractivity contribution is 5.89. The molecule has 0 bridgehead atoms. The summed E-state index contributed by atoms with van der Waals surface area (Å²) in [6, 6.07) is 13.4. The summed E-state index contributed by atoms with van der Waals surface area (Å²) < 4.78 is 5.06. The molecule has 0 aliphatic rings. The Morgan fingerprint density at radius 3 is 2.42 bits per heavy atom. The molecule has 26 heavy (non-hydrogen) atoms. The molecule has 0 radical (unpaired) electrons. The van der Waals surface area contributed by atoms with Gasteiger partial charge in [0.15, 0.2) is 0 Å². The Morgan fingerprint density at radius 2 is 1.85 bits per heavy atom. The Bertz CT molecular complexity index is 846. The van der Waals surface area contributed by atoms with Crippen molar-refractivity contribution in [3.63, 3.8) is 0 Å². The molecule has 3 rings (SSSR count). The van der Waals surface area contributed by atoms with Crippen molar-refractivity contribution in [2.45, 2.75) is 32.7 Å². The Balaban J connectivity index is 1.52. The van der Waals surface area contributed by atoms with Gasteiger partial charge in [-0.15, -0.1) is 0 Å². The predicted octanol–water partition coefficient (Wildman–Crippen LogP) is 4.96. The quantitative estimate of drug-likeness (QED) is 0.699. The van der Waals surface area contributed by atoms with Crippen molar-refractivity contribution in [2.24, 2.45) is 0 Å². The average Bonchev–Trinajstić information content (AvgIpc) is 3.15. The highest BCUT2D eigenvalue weighted by Gasteiger charge is 2.13. The molecule has 134 valence electrons. The maximum Gasteiger partial charge on any atom is 0.319 e. The Morgan fingerprint density at radius 1 is 1.08 bits per heavy atom. The van der Waals surface area contributed by atoms with Crippen molar-refractivity contribution in [1.29, 1.82) is 0 Å². The molecule has 2 amide bonds. The zero-order valence-electron chi connectivity index (χ0n) is 15.2. The second kappa shape index (κ2) is 7.44. The Labute approximate surface area is 153 Å². The molecule has 0 saturated heterocycles. The van der Waals surface area contributed by atoms with Crippen LogP contribution in [0.4, 0.5) is 10.5 Å². The summed E-state index contributed by atoms with van der Waals surface area (Å²) in [5.74, 6) is 0. The van der Waals surface area contributed by atoms with E-state index in [-0.39, 0.29) is 11.4 Å². The van der Waals surface area contributed by atoms with Gasteiger partial charge in [0, 0.05) is 24.0 Å². The lowest BCUT2D eigenvalue weighted by Gasteiger charge is -2.19. The molecule has 0 spiro atoms. The van der Waals surface area contributed by atoms with Gasteiger partial charge in [-0.1, -0.05) is 39.0 Å². The molecule has 1 aromatic carbocycles. The summed E-state index contributed by atoms with van der Waals surface area (Å²) >= 11 is 0. The lowest BCUT2D eigenvalue weighted by Crippen LogP contribution is -2.28. The number of aromatic nitrogens is 1. The molecule has 0 saturated carbocycles. The molecule has 0 aliphatic heterocycles. The fraction of sp³-hybridized carbons (Fsp3) is 0.238. The van der Waals surface area contributed by atoms with E-state index in [4.69, 9.17) is 4.42 Å². The fourth-order valence-corrected chi connectivity index (χ4v) is 2.52. The largest absolute Gasteiger partial charge is 0.472 e. The normalized spacial score (nSPS) is 11.2. The van der Waals surface area contributed by atoms with E-state index in [1.54, 1.807) is 18.7 Å². The third kappa shape index (κ3) is 4.51. The van der Waals surface area contributed by atoms with Crippen LogP contribution in [0.2, 0.25) is 0 Å². The number of hydrogen-bond donors (Lipinski definition) is 2. The summed E-state index contributed by atoms with van der Waals surface area (Å²) in [6.45, 7) is 6.89. The van der Waals surface area contributed by atoms with Crippen molar-refractivity contribution >= 4 is 11.7 Å². The number of nitrogens with zero attached hydrogens (tertiary/aromatic N) is 1. The number of carbonyl (C=O) groups excluding carboxylic acids is 1. The van der Waals surface area contributed by atoms with E-state index >= 15 is 0 Å². The minimum absolute atomic E-state index is 0.0937. The van der Waals surface area contributed by atoms with E-state index < -0.39 is 0 Å². The minimum atomic E-state index is -0.243. The number of urea groups is 1. The first-order valence-corrected chi connectivity index (χ1v) is 8.55. The summed E-state index contributed by atoms with van der Waals surface area (Å²) in [6.07, 6.45) is 5.02. The number of nitrogens with one attached hydrogen (secondary N) is 2. The maximum absolute atomic E-state index is 12.1. The first-order chi connectivity index (χ1) is 12.4. The number of rotatable bonds is 4. The van der Waals surface area contributed by atoms with Crippen LogP contribution in [-0.2, 0) is 12.0 Å². The topological polar surface area (TPSA) is 67.2 Å². The van der Waals surface area contributed by atoms with E-state index in [1.165, 1.54) is 5.56 Å². The highest BCUT2D eigenvalue weighted by Crippen LogP contribution is 2.23. The van der Waals surface area contributed by atoms with Crippen LogP contribution in [0.15, 0.2) is 65.6 Å². The lowest BCUT2D eigenvalue weighted by molar-refractivity contribution is 0.251. The van der Waals surface area contributed by atoms with Crippen LogP contribution < -0.4 is 10.6 Å². The second-order valence-electron chi connectivity index (χ2n) is 7.20. The van der Waals surface area contributed by atoms with E-state index in [2.05, 4.69) is 36.4 Å². The molecule has 2 heterocycles. The molecular formula is C21H23N3O2. The van der Waals surface area contributed by atoms with Crippen LogP contribution in [0, 0.1) is 0 Å². The number of pyridine rings is 1. The van der Waals surface area contributed by atoms with Crippen LogP contribution in [0.1, 0.15) is 31.9 Å². The zero-order valence-corrected chi connectivity index (χ0v) is 15.2. The van der Waals surface area contributed by atoms with Gasteiger partial charge in [-0.25, -0.2) is 4.79 Å². The number of anilines is 1. The summed E-state index contributed by atoms with van der Waals surface area (Å²) in [4.78, 5) is 16.5. The maximum atomic E-state index is 12.1. The van der Waals surface area contributed by atoms with Crippen molar-refractivity contribution in [3.05, 3.63) is 72.3 Å². The molecule has 2 N–H and O–H groups in total. The smallest absolute Gasteiger partial charge is 0.319 e. The van der Waals surface area contributed by atoms with Crippen LogP contribution >= 0.6 is 0 Å². The Kier molecular flexibility index (Phi) is 5.07. The molecule has 5 nitrogen and oxygen atoms in total. The summed E-state index contributed by atoms with van der Waals surface area (Å²) in [7, 11) is 0. The molecule has 5 heteroatoms. The van der Waals surface area contributed by atoms with Gasteiger partial charge in [-0.2, -0.15) is 0 Å². The number of amides is 2. The van der Waals surface area contributed by atoms with Gasteiger partial charge in [0.25, 0.3) is 0 Å². The van der Waals surface area contributed by atoms with Gasteiger partial charge in [0.1, 0.15) is 0 Å². The predicted molar refractivity (Wildman–Crippen MR) is 103 cm³/mol. The lowest BCUT2D eigenvalue weighted by atomic mass is 9.87.